The lowest BCUT2D eigenvalue weighted by molar-refractivity contribution is -0.0865. The average Bonchev–Trinajstić information content (AvgIpc) is 2.51. The molecule has 0 unspecified atom stereocenters. The van der Waals surface area contributed by atoms with Gasteiger partial charge in [0.05, 0.1) is 29.2 Å². The fraction of sp³-hybridized carbons (Fsp3) is 0.800. The highest BCUT2D eigenvalue weighted by atomic mass is 32.1. The predicted octanol–water partition coefficient (Wildman–Crippen LogP) is 1.88. The Bertz CT molecular complexity index is 291. The van der Waals surface area contributed by atoms with Crippen LogP contribution in [0.5, 0.6) is 0 Å². The zero-order valence-electron chi connectivity index (χ0n) is 8.60. The predicted molar refractivity (Wildman–Crippen MR) is 56.1 cm³/mol. The maximum Gasteiger partial charge on any atom is 0.0771 e. The molecule has 3 nitrogen and oxygen atoms in total. The van der Waals surface area contributed by atoms with E-state index in [9.17, 15) is 5.11 Å². The molecule has 0 saturated heterocycles. The Balaban J connectivity index is 1.89. The van der Waals surface area contributed by atoms with Gasteiger partial charge >= 0.3 is 0 Å². The van der Waals surface area contributed by atoms with Crippen molar-refractivity contribution in [3.63, 3.8) is 0 Å². The van der Waals surface area contributed by atoms with Crippen LogP contribution in [0.2, 0.25) is 0 Å². The molecule has 1 saturated carbocycles. The van der Waals surface area contributed by atoms with E-state index in [1.807, 2.05) is 0 Å². The van der Waals surface area contributed by atoms with E-state index in [-0.39, 0.29) is 0 Å². The highest BCUT2D eigenvalue weighted by Crippen LogP contribution is 2.43. The number of nitrogens with zero attached hydrogens (tertiary/aromatic N) is 2. The molecular formula is C10H16N2OS. The second-order valence-electron chi connectivity index (χ2n) is 4.71. The minimum atomic E-state index is -0.495. The number of rotatable bonds is 3. The van der Waals surface area contributed by atoms with E-state index in [1.54, 1.807) is 6.20 Å². The van der Waals surface area contributed by atoms with Gasteiger partial charge < -0.3 is 5.11 Å². The van der Waals surface area contributed by atoms with Gasteiger partial charge in [0.2, 0.25) is 0 Å². The van der Waals surface area contributed by atoms with Crippen molar-refractivity contribution in [1.29, 1.82) is 0 Å². The first kappa shape index (κ1) is 10.1. The molecule has 1 heterocycles. The van der Waals surface area contributed by atoms with Crippen LogP contribution < -0.4 is 0 Å². The highest BCUT2D eigenvalue weighted by Gasteiger charge is 2.43. The molecule has 2 rings (SSSR count). The van der Waals surface area contributed by atoms with Crippen molar-refractivity contribution in [3.8, 4) is 0 Å². The monoisotopic (exact) mass is 212 g/mol. The minimum absolute atomic E-state index is 0.495. The third kappa shape index (κ3) is 1.96. The van der Waals surface area contributed by atoms with E-state index >= 15 is 0 Å². The van der Waals surface area contributed by atoms with Crippen molar-refractivity contribution in [2.45, 2.75) is 38.7 Å². The summed E-state index contributed by atoms with van der Waals surface area (Å²) in [5, 5.41) is 10.1. The molecule has 1 aliphatic carbocycles. The second kappa shape index (κ2) is 3.59. The van der Waals surface area contributed by atoms with Crippen molar-refractivity contribution in [2.75, 3.05) is 0 Å². The normalized spacial score (nSPS) is 31.9. The largest absolute Gasteiger partial charge is 0.389 e. The van der Waals surface area contributed by atoms with Gasteiger partial charge in [-0.3, -0.25) is 0 Å². The van der Waals surface area contributed by atoms with Crippen molar-refractivity contribution in [3.05, 3.63) is 11.9 Å². The molecule has 1 aromatic rings. The fourth-order valence-electron chi connectivity index (χ4n) is 2.13. The standard InChI is InChI=1S/C10H16N2OS/c1-7(2)8-3-10(13,4-8)5-9-6-11-14-12-9/h6-8,13H,3-5H2,1-2H3. The molecule has 0 radical (unpaired) electrons. The van der Waals surface area contributed by atoms with E-state index in [0.29, 0.717) is 18.3 Å². The first-order valence-corrected chi connectivity index (χ1v) is 5.81. The number of hydrogen-bond donors (Lipinski definition) is 1. The molecule has 0 atom stereocenters. The summed E-state index contributed by atoms with van der Waals surface area (Å²) in [7, 11) is 0. The lowest BCUT2D eigenvalue weighted by Gasteiger charge is -2.45. The van der Waals surface area contributed by atoms with Gasteiger partial charge in [0.15, 0.2) is 0 Å². The van der Waals surface area contributed by atoms with Crippen LogP contribution in [0.4, 0.5) is 0 Å². The summed E-state index contributed by atoms with van der Waals surface area (Å²) >= 11 is 1.21. The van der Waals surface area contributed by atoms with Gasteiger partial charge in [0.1, 0.15) is 0 Å². The number of hydrogen-bond acceptors (Lipinski definition) is 4. The molecule has 1 aliphatic rings. The Hall–Kier alpha value is -0.480. The van der Waals surface area contributed by atoms with E-state index in [0.717, 1.165) is 18.5 Å². The molecule has 0 spiro atoms. The quantitative estimate of drug-likeness (QED) is 0.832. The van der Waals surface area contributed by atoms with Crippen LogP contribution in [0.3, 0.4) is 0 Å². The van der Waals surface area contributed by atoms with Crippen molar-refractivity contribution >= 4 is 11.7 Å². The average molecular weight is 212 g/mol. The lowest BCUT2D eigenvalue weighted by Crippen LogP contribution is -2.47. The summed E-state index contributed by atoms with van der Waals surface area (Å²) in [6.45, 7) is 4.43. The molecule has 78 valence electrons. The summed E-state index contributed by atoms with van der Waals surface area (Å²) in [6.07, 6.45) is 4.27. The first-order chi connectivity index (χ1) is 6.59. The zero-order chi connectivity index (χ0) is 10.2. The van der Waals surface area contributed by atoms with E-state index in [2.05, 4.69) is 22.6 Å². The van der Waals surface area contributed by atoms with Gasteiger partial charge in [0.25, 0.3) is 0 Å². The summed E-state index contributed by atoms with van der Waals surface area (Å²) in [5.74, 6) is 1.37. The lowest BCUT2D eigenvalue weighted by atomic mass is 9.64. The highest BCUT2D eigenvalue weighted by molar-refractivity contribution is 6.99. The molecule has 4 heteroatoms. The van der Waals surface area contributed by atoms with Crippen LogP contribution in [0.1, 0.15) is 32.4 Å². The van der Waals surface area contributed by atoms with Crippen LogP contribution in [0.15, 0.2) is 6.20 Å². The van der Waals surface area contributed by atoms with Crippen molar-refractivity contribution < 1.29 is 5.11 Å². The Morgan fingerprint density at radius 1 is 1.64 bits per heavy atom. The van der Waals surface area contributed by atoms with Crippen LogP contribution in [0.25, 0.3) is 0 Å². The van der Waals surface area contributed by atoms with Gasteiger partial charge in [-0.15, -0.1) is 0 Å². The number of aliphatic hydroxyl groups is 1. The van der Waals surface area contributed by atoms with Crippen LogP contribution in [0, 0.1) is 11.8 Å². The molecule has 14 heavy (non-hydrogen) atoms. The van der Waals surface area contributed by atoms with E-state index in [4.69, 9.17) is 0 Å². The van der Waals surface area contributed by atoms with Gasteiger partial charge in [-0.2, -0.15) is 8.75 Å². The molecule has 0 aromatic carbocycles. The zero-order valence-corrected chi connectivity index (χ0v) is 9.42. The Morgan fingerprint density at radius 2 is 2.36 bits per heavy atom. The first-order valence-electron chi connectivity index (χ1n) is 5.08. The Labute approximate surface area is 88.5 Å². The van der Waals surface area contributed by atoms with Crippen molar-refractivity contribution in [1.82, 2.24) is 8.75 Å². The maximum atomic E-state index is 10.1. The third-order valence-corrected chi connectivity index (χ3v) is 3.66. The van der Waals surface area contributed by atoms with E-state index < -0.39 is 5.60 Å². The Morgan fingerprint density at radius 3 is 2.86 bits per heavy atom. The summed E-state index contributed by atoms with van der Waals surface area (Å²) in [6, 6.07) is 0. The van der Waals surface area contributed by atoms with Crippen LogP contribution in [-0.4, -0.2) is 19.5 Å². The molecule has 0 aliphatic heterocycles. The van der Waals surface area contributed by atoms with Gasteiger partial charge in [-0.25, -0.2) is 0 Å². The Kier molecular flexibility index (Phi) is 2.58. The van der Waals surface area contributed by atoms with Gasteiger partial charge in [0, 0.05) is 6.42 Å². The smallest absolute Gasteiger partial charge is 0.0771 e. The van der Waals surface area contributed by atoms with Crippen LogP contribution >= 0.6 is 11.7 Å². The molecular weight excluding hydrogens is 196 g/mol. The van der Waals surface area contributed by atoms with Gasteiger partial charge in [-0.1, -0.05) is 13.8 Å². The molecule has 1 N–H and O–H groups in total. The molecule has 1 aromatic heterocycles. The van der Waals surface area contributed by atoms with Gasteiger partial charge in [-0.05, 0) is 24.7 Å². The summed E-state index contributed by atoms with van der Waals surface area (Å²) < 4.78 is 8.06. The SMILES string of the molecule is CC(C)C1CC(O)(Cc2cnsn2)C1. The maximum absolute atomic E-state index is 10.1. The summed E-state index contributed by atoms with van der Waals surface area (Å²) in [4.78, 5) is 0. The minimum Gasteiger partial charge on any atom is -0.389 e. The van der Waals surface area contributed by atoms with E-state index in [1.165, 1.54) is 11.7 Å². The topological polar surface area (TPSA) is 46.0 Å². The number of aromatic nitrogens is 2. The fourth-order valence-corrected chi connectivity index (χ4v) is 2.56. The molecule has 0 bridgehead atoms. The van der Waals surface area contributed by atoms with Crippen molar-refractivity contribution in [2.24, 2.45) is 11.8 Å². The molecule has 1 fully saturated rings. The second-order valence-corrected chi connectivity index (χ2v) is 5.27. The molecule has 0 amide bonds. The third-order valence-electron chi connectivity index (χ3n) is 3.14. The summed E-state index contributed by atoms with van der Waals surface area (Å²) in [5.41, 5.74) is 0.435. The van der Waals surface area contributed by atoms with Crippen LogP contribution in [-0.2, 0) is 6.42 Å².